The van der Waals surface area contributed by atoms with E-state index in [4.69, 9.17) is 5.26 Å². The van der Waals surface area contributed by atoms with Crippen LogP contribution in [0.1, 0.15) is 25.0 Å². The number of nitriles is 1. The Hall–Kier alpha value is -1.79. The average Bonchev–Trinajstić information content (AvgIpc) is 2.25. The third-order valence-electron chi connectivity index (χ3n) is 2.09. The van der Waals surface area contributed by atoms with Gasteiger partial charge in [0.05, 0.1) is 22.9 Å². The van der Waals surface area contributed by atoms with Crippen LogP contribution in [0.5, 0.6) is 0 Å². The first kappa shape index (κ1) is 16.3. The smallest absolute Gasteiger partial charge is 0.271 e. The zero-order valence-electron chi connectivity index (χ0n) is 10.6. The fraction of sp³-hybridized carbons (Fsp3) is 0.364. The Labute approximate surface area is 114 Å². The lowest BCUT2D eigenvalue weighted by atomic mass is 10.1. The number of rotatable bonds is 4. The second kappa shape index (κ2) is 5.68. The molecule has 0 amide bonds. The molecular formula is C11H12F3N3O2S. The van der Waals surface area contributed by atoms with Crippen LogP contribution >= 0.6 is 0 Å². The number of hydrogen-bond donors (Lipinski definition) is 2. The number of nitrogens with zero attached hydrogens (tertiary/aromatic N) is 1. The Bertz CT molecular complexity index is 633. The number of alkyl halides is 3. The molecule has 9 heteroatoms. The van der Waals surface area contributed by atoms with Crippen LogP contribution in [-0.2, 0) is 16.4 Å². The Balaban J connectivity index is 3.15. The molecule has 110 valence electrons. The van der Waals surface area contributed by atoms with Gasteiger partial charge >= 0.3 is 6.18 Å². The maximum Gasteiger partial charge on any atom is 0.417 e. The highest BCUT2D eigenvalue weighted by Crippen LogP contribution is 2.33. The van der Waals surface area contributed by atoms with Crippen LogP contribution in [0.2, 0.25) is 0 Å². The summed E-state index contributed by atoms with van der Waals surface area (Å²) in [7, 11) is -3.97. The first-order valence-electron chi connectivity index (χ1n) is 5.46. The summed E-state index contributed by atoms with van der Waals surface area (Å²) in [5, 5.41) is 8.62. The minimum atomic E-state index is -4.74. The van der Waals surface area contributed by atoms with Crippen LogP contribution in [0.25, 0.3) is 0 Å². The van der Waals surface area contributed by atoms with Crippen LogP contribution < -0.4 is 9.44 Å². The fourth-order valence-electron chi connectivity index (χ4n) is 1.43. The van der Waals surface area contributed by atoms with Gasteiger partial charge in [-0.3, -0.25) is 4.72 Å². The van der Waals surface area contributed by atoms with Gasteiger partial charge < -0.3 is 0 Å². The Morgan fingerprint density at radius 1 is 1.30 bits per heavy atom. The van der Waals surface area contributed by atoms with E-state index < -0.39 is 33.6 Å². The van der Waals surface area contributed by atoms with Crippen LogP contribution in [0, 0.1) is 11.3 Å². The second-order valence-corrected chi connectivity index (χ2v) is 5.69. The van der Waals surface area contributed by atoms with Crippen molar-refractivity contribution in [3.63, 3.8) is 0 Å². The molecule has 2 N–H and O–H groups in total. The van der Waals surface area contributed by atoms with E-state index in [2.05, 4.69) is 4.72 Å². The number of halogens is 3. The standard InChI is InChI=1S/C11H12F3N3O2S/c1-7(2)16-20(18,19)17-9-4-3-8(6-15)10(5-9)11(12,13)14/h3-5,7,16-17H,1-2H3. The molecule has 0 heterocycles. The van der Waals surface area contributed by atoms with Gasteiger partial charge in [0.15, 0.2) is 0 Å². The van der Waals surface area contributed by atoms with Gasteiger partial charge in [0.25, 0.3) is 10.2 Å². The minimum absolute atomic E-state index is 0.274. The van der Waals surface area contributed by atoms with Crippen molar-refractivity contribution in [3.8, 4) is 6.07 Å². The molecular weight excluding hydrogens is 295 g/mol. The maximum atomic E-state index is 12.7. The third kappa shape index (κ3) is 4.40. The summed E-state index contributed by atoms with van der Waals surface area (Å²) >= 11 is 0. The van der Waals surface area contributed by atoms with Crippen molar-refractivity contribution < 1.29 is 21.6 Å². The Morgan fingerprint density at radius 2 is 1.90 bits per heavy atom. The van der Waals surface area contributed by atoms with Crippen LogP contribution in [0.15, 0.2) is 18.2 Å². The zero-order valence-corrected chi connectivity index (χ0v) is 11.4. The molecule has 0 radical (unpaired) electrons. The molecule has 0 spiro atoms. The Morgan fingerprint density at radius 3 is 2.35 bits per heavy atom. The second-order valence-electron chi connectivity index (χ2n) is 4.25. The highest BCUT2D eigenvalue weighted by atomic mass is 32.2. The molecule has 0 bridgehead atoms. The van der Waals surface area contributed by atoms with Gasteiger partial charge in [-0.05, 0) is 32.0 Å². The predicted molar refractivity (Wildman–Crippen MR) is 67.0 cm³/mol. The predicted octanol–water partition coefficient (Wildman–Crippen LogP) is 2.23. The van der Waals surface area contributed by atoms with E-state index in [1.165, 1.54) is 6.07 Å². The number of anilines is 1. The highest BCUT2D eigenvalue weighted by Gasteiger charge is 2.34. The van der Waals surface area contributed by atoms with Crippen molar-refractivity contribution in [3.05, 3.63) is 29.3 Å². The van der Waals surface area contributed by atoms with Gasteiger partial charge in [-0.25, -0.2) is 0 Å². The molecule has 1 rings (SSSR count). The van der Waals surface area contributed by atoms with Crippen molar-refractivity contribution in [2.45, 2.75) is 26.1 Å². The maximum absolute atomic E-state index is 12.7. The lowest BCUT2D eigenvalue weighted by Crippen LogP contribution is -2.35. The van der Waals surface area contributed by atoms with Gasteiger partial charge in [-0.15, -0.1) is 0 Å². The lowest BCUT2D eigenvalue weighted by Gasteiger charge is -2.14. The zero-order chi connectivity index (χ0) is 15.6. The number of hydrogen-bond acceptors (Lipinski definition) is 3. The molecule has 0 saturated heterocycles. The summed E-state index contributed by atoms with van der Waals surface area (Å²) in [5.74, 6) is 0. The molecule has 0 atom stereocenters. The van der Waals surface area contributed by atoms with E-state index in [9.17, 15) is 21.6 Å². The van der Waals surface area contributed by atoms with Gasteiger partial charge in [-0.2, -0.15) is 31.6 Å². The molecule has 0 saturated carbocycles. The topological polar surface area (TPSA) is 82.0 Å². The van der Waals surface area contributed by atoms with E-state index in [0.29, 0.717) is 6.07 Å². The number of benzene rings is 1. The van der Waals surface area contributed by atoms with E-state index in [0.717, 1.165) is 12.1 Å². The summed E-state index contributed by atoms with van der Waals surface area (Å²) in [4.78, 5) is 0. The molecule has 0 aromatic heterocycles. The molecule has 1 aromatic rings. The van der Waals surface area contributed by atoms with Crippen molar-refractivity contribution >= 4 is 15.9 Å². The molecule has 0 aliphatic heterocycles. The summed E-state index contributed by atoms with van der Waals surface area (Å²) < 4.78 is 65.4. The molecule has 0 fully saturated rings. The fourth-order valence-corrected chi connectivity index (χ4v) is 2.55. The summed E-state index contributed by atoms with van der Waals surface area (Å²) in [6.07, 6.45) is -4.74. The largest absolute Gasteiger partial charge is 0.417 e. The van der Waals surface area contributed by atoms with E-state index >= 15 is 0 Å². The SMILES string of the molecule is CC(C)NS(=O)(=O)Nc1ccc(C#N)c(C(F)(F)F)c1. The third-order valence-corrected chi connectivity index (χ3v) is 3.37. The van der Waals surface area contributed by atoms with Crippen molar-refractivity contribution in [1.82, 2.24) is 4.72 Å². The summed E-state index contributed by atoms with van der Waals surface area (Å²) in [6.45, 7) is 3.14. The van der Waals surface area contributed by atoms with Gasteiger partial charge in [0.2, 0.25) is 0 Å². The quantitative estimate of drug-likeness (QED) is 0.895. The average molecular weight is 307 g/mol. The number of nitrogens with one attached hydrogen (secondary N) is 2. The minimum Gasteiger partial charge on any atom is -0.271 e. The normalized spacial score (nSPS) is 12.2. The molecule has 5 nitrogen and oxygen atoms in total. The van der Waals surface area contributed by atoms with Crippen molar-refractivity contribution in [2.75, 3.05) is 4.72 Å². The van der Waals surface area contributed by atoms with Gasteiger partial charge in [-0.1, -0.05) is 0 Å². The molecule has 0 aliphatic rings. The molecule has 20 heavy (non-hydrogen) atoms. The van der Waals surface area contributed by atoms with E-state index in [1.54, 1.807) is 13.8 Å². The molecule has 0 unspecified atom stereocenters. The van der Waals surface area contributed by atoms with Crippen LogP contribution in [-0.4, -0.2) is 14.5 Å². The monoisotopic (exact) mass is 307 g/mol. The highest BCUT2D eigenvalue weighted by molar-refractivity contribution is 7.90. The van der Waals surface area contributed by atoms with Crippen LogP contribution in [0.3, 0.4) is 0 Å². The van der Waals surface area contributed by atoms with E-state index in [1.807, 2.05) is 4.72 Å². The first-order chi connectivity index (χ1) is 9.05. The van der Waals surface area contributed by atoms with Crippen LogP contribution in [0.4, 0.5) is 18.9 Å². The van der Waals surface area contributed by atoms with Gasteiger partial charge in [0, 0.05) is 6.04 Å². The first-order valence-corrected chi connectivity index (χ1v) is 6.95. The van der Waals surface area contributed by atoms with Crippen molar-refractivity contribution in [1.29, 1.82) is 5.26 Å². The summed E-state index contributed by atoms with van der Waals surface area (Å²) in [6, 6.07) is 3.59. The van der Waals surface area contributed by atoms with E-state index in [-0.39, 0.29) is 5.69 Å². The summed E-state index contributed by atoms with van der Waals surface area (Å²) in [5.41, 5.74) is -2.04. The van der Waals surface area contributed by atoms with Crippen molar-refractivity contribution in [2.24, 2.45) is 0 Å². The molecule has 1 aromatic carbocycles. The Kier molecular flexibility index (Phi) is 4.62. The molecule has 0 aliphatic carbocycles. The van der Waals surface area contributed by atoms with Gasteiger partial charge in [0.1, 0.15) is 0 Å². The lowest BCUT2D eigenvalue weighted by molar-refractivity contribution is -0.137.